The van der Waals surface area contributed by atoms with E-state index in [1.807, 2.05) is 0 Å². The van der Waals surface area contributed by atoms with Crippen molar-refractivity contribution < 1.29 is 14.3 Å². The molecule has 0 aromatic heterocycles. The highest BCUT2D eigenvalue weighted by Gasteiger charge is 2.32. The van der Waals surface area contributed by atoms with Gasteiger partial charge in [-0.2, -0.15) is 0 Å². The molecule has 0 aromatic rings. The molecule has 3 aliphatic rings. The van der Waals surface area contributed by atoms with E-state index in [0.717, 1.165) is 45.0 Å². The number of hydrogen-bond acceptors (Lipinski definition) is 4. The third kappa shape index (κ3) is 7.02. The standard InChI is InChI=1S/C20H36N4O3.HI/c1-23(2)19(25)14-22-20(21-13-16-7-4-3-5-8-16)24-10-12-27-18(15-24)17-9-6-11-26-17;/h16-18H,3-15H2,1-2H3,(H,21,22);1H. The molecule has 0 radical (unpaired) electrons. The lowest BCUT2D eigenvalue weighted by atomic mass is 9.89. The van der Waals surface area contributed by atoms with Gasteiger partial charge in [0.25, 0.3) is 0 Å². The number of hydrogen-bond donors (Lipinski definition) is 1. The van der Waals surface area contributed by atoms with Crippen molar-refractivity contribution in [2.24, 2.45) is 10.9 Å². The number of rotatable bonds is 5. The molecular formula is C20H37IN4O3. The van der Waals surface area contributed by atoms with Crippen molar-refractivity contribution >= 4 is 35.8 Å². The van der Waals surface area contributed by atoms with Crippen LogP contribution in [-0.2, 0) is 14.3 Å². The number of ether oxygens (including phenoxy) is 2. The lowest BCUT2D eigenvalue weighted by molar-refractivity contribution is -0.127. The molecule has 2 saturated heterocycles. The average Bonchev–Trinajstić information content (AvgIpc) is 3.23. The molecule has 1 amide bonds. The Kier molecular flexibility index (Phi) is 10.3. The fraction of sp³-hybridized carbons (Fsp3) is 0.900. The minimum Gasteiger partial charge on any atom is -0.375 e. The minimum absolute atomic E-state index is 0. The first-order valence-corrected chi connectivity index (χ1v) is 10.6. The van der Waals surface area contributed by atoms with Crippen LogP contribution in [0.1, 0.15) is 44.9 Å². The molecule has 3 rings (SSSR count). The highest BCUT2D eigenvalue weighted by Crippen LogP contribution is 2.23. The van der Waals surface area contributed by atoms with Crippen LogP contribution in [0.2, 0.25) is 0 Å². The van der Waals surface area contributed by atoms with Crippen molar-refractivity contribution in [3.05, 3.63) is 0 Å². The molecule has 2 heterocycles. The molecule has 2 unspecified atom stereocenters. The van der Waals surface area contributed by atoms with E-state index in [1.165, 1.54) is 32.1 Å². The maximum Gasteiger partial charge on any atom is 0.243 e. The average molecular weight is 508 g/mol. The molecule has 1 saturated carbocycles. The number of likely N-dealkylation sites (N-methyl/N-ethyl adjacent to an activating group) is 1. The van der Waals surface area contributed by atoms with Crippen LogP contribution in [0.25, 0.3) is 0 Å². The van der Waals surface area contributed by atoms with Gasteiger partial charge in [0.2, 0.25) is 5.91 Å². The Morgan fingerprint density at radius 1 is 1.07 bits per heavy atom. The summed E-state index contributed by atoms with van der Waals surface area (Å²) in [5.41, 5.74) is 0. The summed E-state index contributed by atoms with van der Waals surface area (Å²) in [6.07, 6.45) is 9.07. The fourth-order valence-electron chi connectivity index (χ4n) is 4.17. The SMILES string of the molecule is CN(C)C(=O)CN=C(NCC1CCCCC1)N1CCOC(C2CCCO2)C1.I. The molecule has 2 aliphatic heterocycles. The van der Waals surface area contributed by atoms with Crippen molar-refractivity contribution in [2.75, 3.05) is 53.5 Å². The van der Waals surface area contributed by atoms with E-state index in [9.17, 15) is 4.79 Å². The molecular weight excluding hydrogens is 471 g/mol. The van der Waals surface area contributed by atoms with Crippen molar-refractivity contribution in [1.82, 2.24) is 15.1 Å². The molecule has 162 valence electrons. The maximum absolute atomic E-state index is 12.0. The smallest absolute Gasteiger partial charge is 0.243 e. The maximum atomic E-state index is 12.0. The molecule has 1 N–H and O–H groups in total. The van der Waals surface area contributed by atoms with Crippen LogP contribution in [-0.4, -0.2) is 87.4 Å². The first kappa shape index (κ1) is 23.7. The Labute approximate surface area is 186 Å². The Morgan fingerprint density at radius 2 is 1.82 bits per heavy atom. The predicted molar refractivity (Wildman–Crippen MR) is 121 cm³/mol. The van der Waals surface area contributed by atoms with E-state index in [4.69, 9.17) is 9.47 Å². The van der Waals surface area contributed by atoms with E-state index in [-0.39, 0.29) is 48.6 Å². The number of amides is 1. The summed E-state index contributed by atoms with van der Waals surface area (Å²) in [6.45, 7) is 4.21. The Bertz CT molecular complexity index is 506. The molecule has 0 spiro atoms. The number of aliphatic imine (C=N–C) groups is 1. The van der Waals surface area contributed by atoms with Gasteiger partial charge in [-0.1, -0.05) is 19.3 Å². The van der Waals surface area contributed by atoms with Gasteiger partial charge in [-0.05, 0) is 31.6 Å². The van der Waals surface area contributed by atoms with Crippen molar-refractivity contribution in [3.63, 3.8) is 0 Å². The number of morpholine rings is 1. The summed E-state index contributed by atoms with van der Waals surface area (Å²) in [5.74, 6) is 1.58. The third-order valence-electron chi connectivity index (χ3n) is 5.91. The normalized spacial score (nSPS) is 26.6. The number of carbonyl (C=O) groups excluding carboxylic acids is 1. The van der Waals surface area contributed by atoms with Crippen LogP contribution in [0, 0.1) is 5.92 Å². The molecule has 2 atom stereocenters. The fourth-order valence-corrected chi connectivity index (χ4v) is 4.17. The molecule has 7 nitrogen and oxygen atoms in total. The number of carbonyl (C=O) groups is 1. The number of nitrogens with one attached hydrogen (secondary N) is 1. The lowest BCUT2D eigenvalue weighted by Crippen LogP contribution is -2.54. The minimum atomic E-state index is 0. The van der Waals surface area contributed by atoms with E-state index in [1.54, 1.807) is 19.0 Å². The molecule has 0 bridgehead atoms. The Morgan fingerprint density at radius 3 is 2.50 bits per heavy atom. The van der Waals surface area contributed by atoms with Crippen LogP contribution in [0.15, 0.2) is 4.99 Å². The van der Waals surface area contributed by atoms with Gasteiger partial charge in [0.05, 0.1) is 12.7 Å². The highest BCUT2D eigenvalue weighted by atomic mass is 127. The van der Waals surface area contributed by atoms with Crippen molar-refractivity contribution in [2.45, 2.75) is 57.2 Å². The summed E-state index contributed by atoms with van der Waals surface area (Å²) in [7, 11) is 3.55. The van der Waals surface area contributed by atoms with E-state index in [2.05, 4.69) is 15.2 Å². The van der Waals surface area contributed by atoms with Crippen molar-refractivity contribution in [3.8, 4) is 0 Å². The molecule has 8 heteroatoms. The van der Waals surface area contributed by atoms with Gasteiger partial charge in [0, 0.05) is 40.3 Å². The second-order valence-corrected chi connectivity index (χ2v) is 8.22. The zero-order chi connectivity index (χ0) is 19.1. The van der Waals surface area contributed by atoms with Gasteiger partial charge in [-0.15, -0.1) is 24.0 Å². The topological polar surface area (TPSA) is 66.4 Å². The van der Waals surface area contributed by atoms with Gasteiger partial charge in [-0.25, -0.2) is 4.99 Å². The number of halogens is 1. The van der Waals surface area contributed by atoms with Crippen molar-refractivity contribution in [1.29, 1.82) is 0 Å². The second kappa shape index (κ2) is 12.2. The number of guanidine groups is 1. The first-order valence-electron chi connectivity index (χ1n) is 10.6. The second-order valence-electron chi connectivity index (χ2n) is 8.22. The molecule has 3 fully saturated rings. The zero-order valence-electron chi connectivity index (χ0n) is 17.4. The quantitative estimate of drug-likeness (QED) is 0.350. The van der Waals surface area contributed by atoms with Crippen LogP contribution in [0.3, 0.4) is 0 Å². The van der Waals surface area contributed by atoms with Crippen LogP contribution >= 0.6 is 24.0 Å². The summed E-state index contributed by atoms with van der Waals surface area (Å²) < 4.78 is 11.8. The summed E-state index contributed by atoms with van der Waals surface area (Å²) in [5, 5.41) is 3.57. The summed E-state index contributed by atoms with van der Waals surface area (Å²) >= 11 is 0. The lowest BCUT2D eigenvalue weighted by Gasteiger charge is -2.37. The van der Waals surface area contributed by atoms with Crippen LogP contribution in [0.5, 0.6) is 0 Å². The highest BCUT2D eigenvalue weighted by molar-refractivity contribution is 14.0. The van der Waals surface area contributed by atoms with E-state index >= 15 is 0 Å². The largest absolute Gasteiger partial charge is 0.375 e. The summed E-state index contributed by atoms with van der Waals surface area (Å²) in [4.78, 5) is 20.5. The van der Waals surface area contributed by atoms with E-state index < -0.39 is 0 Å². The first-order chi connectivity index (χ1) is 13.1. The van der Waals surface area contributed by atoms with Crippen LogP contribution in [0.4, 0.5) is 0 Å². The molecule has 28 heavy (non-hydrogen) atoms. The van der Waals surface area contributed by atoms with Gasteiger partial charge in [0.1, 0.15) is 12.6 Å². The number of nitrogens with zero attached hydrogens (tertiary/aromatic N) is 3. The summed E-state index contributed by atoms with van der Waals surface area (Å²) in [6, 6.07) is 0. The Balaban J connectivity index is 0.00000280. The zero-order valence-corrected chi connectivity index (χ0v) is 19.7. The van der Waals surface area contributed by atoms with Gasteiger partial charge >= 0.3 is 0 Å². The van der Waals surface area contributed by atoms with E-state index in [0.29, 0.717) is 12.5 Å². The third-order valence-corrected chi connectivity index (χ3v) is 5.91. The van der Waals surface area contributed by atoms with Gasteiger partial charge in [0.15, 0.2) is 5.96 Å². The predicted octanol–water partition coefficient (Wildman–Crippen LogP) is 2.10. The molecule has 0 aromatic carbocycles. The van der Waals surface area contributed by atoms with Gasteiger partial charge in [-0.3, -0.25) is 4.79 Å². The van der Waals surface area contributed by atoms with Crippen LogP contribution < -0.4 is 5.32 Å². The van der Waals surface area contributed by atoms with Gasteiger partial charge < -0.3 is 24.6 Å². The Hall–Kier alpha value is -0.610. The molecule has 1 aliphatic carbocycles. The monoisotopic (exact) mass is 508 g/mol.